The summed E-state index contributed by atoms with van der Waals surface area (Å²) >= 11 is 0. The van der Waals surface area contributed by atoms with Gasteiger partial charge in [-0.05, 0) is 30.2 Å². The van der Waals surface area contributed by atoms with Crippen molar-refractivity contribution in [3.63, 3.8) is 0 Å². The average Bonchev–Trinajstić information content (AvgIpc) is 2.74. The van der Waals surface area contributed by atoms with E-state index in [1.54, 1.807) is 18.3 Å². The molecule has 3 aliphatic rings. The lowest BCUT2D eigenvalue weighted by molar-refractivity contribution is -0.139. The number of carbonyl (C=O) groups is 2. The maximum Gasteiger partial charge on any atom is 0.320 e. The third kappa shape index (κ3) is 3.80. The summed E-state index contributed by atoms with van der Waals surface area (Å²) in [4.78, 5) is 28.1. The van der Waals surface area contributed by atoms with E-state index < -0.39 is 0 Å². The van der Waals surface area contributed by atoms with Crippen LogP contribution < -0.4 is 10.1 Å². The third-order valence-corrected chi connectivity index (χ3v) is 5.87. The van der Waals surface area contributed by atoms with Crippen LogP contribution in [0.3, 0.4) is 0 Å². The second-order valence-corrected chi connectivity index (χ2v) is 7.88. The van der Waals surface area contributed by atoms with Gasteiger partial charge in [-0.25, -0.2) is 4.79 Å². The van der Waals surface area contributed by atoms with Crippen molar-refractivity contribution in [3.05, 3.63) is 48.2 Å². The van der Waals surface area contributed by atoms with Crippen LogP contribution in [-0.2, 0) is 9.53 Å². The molecule has 0 aliphatic carbocycles. The van der Waals surface area contributed by atoms with Crippen molar-refractivity contribution in [1.29, 1.82) is 0 Å². The number of rotatable bonds is 3. The quantitative estimate of drug-likeness (QED) is 0.823. The highest BCUT2D eigenvalue weighted by Gasteiger charge is 2.40. The summed E-state index contributed by atoms with van der Waals surface area (Å²) in [6.07, 6.45) is 2.36. The second kappa shape index (κ2) is 7.91. The molecule has 1 aromatic carbocycles. The Labute approximate surface area is 174 Å². The van der Waals surface area contributed by atoms with Gasteiger partial charge in [-0.1, -0.05) is 12.1 Å². The molecular formula is C21H23N5O4. The summed E-state index contributed by atoms with van der Waals surface area (Å²) in [7, 11) is 0. The van der Waals surface area contributed by atoms with Crippen LogP contribution in [0.4, 0.5) is 4.79 Å². The number of likely N-dealkylation sites (tertiary alicyclic amines) is 2. The van der Waals surface area contributed by atoms with E-state index in [2.05, 4.69) is 15.5 Å². The molecule has 3 amide bonds. The van der Waals surface area contributed by atoms with Gasteiger partial charge in [0, 0.05) is 44.4 Å². The van der Waals surface area contributed by atoms with Crippen molar-refractivity contribution < 1.29 is 19.1 Å². The molecular weight excluding hydrogens is 386 g/mol. The van der Waals surface area contributed by atoms with E-state index in [0.717, 1.165) is 6.42 Å². The van der Waals surface area contributed by atoms with E-state index in [1.165, 1.54) is 5.56 Å². The monoisotopic (exact) mass is 409 g/mol. The smallest absolute Gasteiger partial charge is 0.320 e. The number of hydrogen-bond donors (Lipinski definition) is 1. The van der Waals surface area contributed by atoms with Crippen molar-refractivity contribution in [2.45, 2.75) is 24.5 Å². The highest BCUT2D eigenvalue weighted by molar-refractivity contribution is 5.79. The highest BCUT2D eigenvalue weighted by Crippen LogP contribution is 2.30. The molecule has 0 bridgehead atoms. The van der Waals surface area contributed by atoms with Crippen LogP contribution in [0.15, 0.2) is 42.6 Å². The number of nitrogens with zero attached hydrogens (tertiary/aromatic N) is 4. The molecule has 2 aromatic rings. The van der Waals surface area contributed by atoms with E-state index in [0.29, 0.717) is 43.7 Å². The summed E-state index contributed by atoms with van der Waals surface area (Å²) in [6, 6.07) is 11.3. The first-order valence-electron chi connectivity index (χ1n) is 10.2. The van der Waals surface area contributed by atoms with Gasteiger partial charge in [-0.2, -0.15) is 5.10 Å². The lowest BCUT2D eigenvalue weighted by Gasteiger charge is -2.46. The standard InChI is InChI=1S/C21H23N5O4/c27-19-13-29-18-7-9-25(12-17(18)23-19)21(28)26-10-15(11-26)14-3-5-16(6-4-14)30-20-2-1-8-22-24-20/h1-6,8,15,17-18H,7,9-13H2,(H,23,27)/t17?,18-/m0/s1. The third-order valence-electron chi connectivity index (χ3n) is 5.87. The molecule has 9 nitrogen and oxygen atoms in total. The van der Waals surface area contributed by atoms with Crippen molar-refractivity contribution in [3.8, 4) is 11.6 Å². The van der Waals surface area contributed by atoms with Gasteiger partial charge in [0.2, 0.25) is 11.8 Å². The number of amides is 3. The zero-order chi connectivity index (χ0) is 20.5. The molecule has 3 saturated heterocycles. The molecule has 4 heterocycles. The SMILES string of the molecule is O=C1CO[C@H]2CCN(C(=O)N3CC(c4ccc(Oc5cccnn5)cc4)C3)CC2N1. The highest BCUT2D eigenvalue weighted by atomic mass is 16.5. The van der Waals surface area contributed by atoms with Crippen LogP contribution in [0.5, 0.6) is 11.6 Å². The van der Waals surface area contributed by atoms with Crippen LogP contribution >= 0.6 is 0 Å². The Bertz CT molecular complexity index is 917. The van der Waals surface area contributed by atoms with Gasteiger partial charge in [0.1, 0.15) is 12.4 Å². The fraction of sp³-hybridized carbons (Fsp3) is 0.429. The molecule has 0 saturated carbocycles. The van der Waals surface area contributed by atoms with E-state index in [9.17, 15) is 9.59 Å². The Balaban J connectivity index is 1.13. The van der Waals surface area contributed by atoms with Gasteiger partial charge >= 0.3 is 6.03 Å². The Morgan fingerprint density at radius 2 is 1.97 bits per heavy atom. The fourth-order valence-corrected chi connectivity index (χ4v) is 4.19. The number of piperidine rings is 1. The molecule has 0 radical (unpaired) electrons. The molecule has 3 fully saturated rings. The Kier molecular flexibility index (Phi) is 4.96. The lowest BCUT2D eigenvalue weighted by atomic mass is 9.91. The minimum absolute atomic E-state index is 0.0125. The Morgan fingerprint density at radius 3 is 2.73 bits per heavy atom. The number of urea groups is 1. The van der Waals surface area contributed by atoms with Crippen LogP contribution in [0.2, 0.25) is 0 Å². The maximum atomic E-state index is 12.8. The van der Waals surface area contributed by atoms with E-state index in [4.69, 9.17) is 9.47 Å². The molecule has 9 heteroatoms. The molecule has 1 N–H and O–H groups in total. The zero-order valence-electron chi connectivity index (χ0n) is 16.4. The van der Waals surface area contributed by atoms with Gasteiger partial charge in [0.25, 0.3) is 0 Å². The maximum absolute atomic E-state index is 12.8. The summed E-state index contributed by atoms with van der Waals surface area (Å²) in [5, 5.41) is 10.6. The first-order valence-corrected chi connectivity index (χ1v) is 10.2. The summed E-state index contributed by atoms with van der Waals surface area (Å²) < 4.78 is 11.2. The van der Waals surface area contributed by atoms with Crippen molar-refractivity contribution in [2.75, 3.05) is 32.8 Å². The second-order valence-electron chi connectivity index (χ2n) is 7.88. The topological polar surface area (TPSA) is 96.9 Å². The van der Waals surface area contributed by atoms with E-state index in [-0.39, 0.29) is 30.7 Å². The van der Waals surface area contributed by atoms with Crippen LogP contribution in [0.25, 0.3) is 0 Å². The molecule has 3 aliphatic heterocycles. The van der Waals surface area contributed by atoms with Gasteiger partial charge in [-0.3, -0.25) is 4.79 Å². The van der Waals surface area contributed by atoms with Gasteiger partial charge < -0.3 is 24.6 Å². The van der Waals surface area contributed by atoms with Crippen molar-refractivity contribution in [2.24, 2.45) is 0 Å². The molecule has 156 valence electrons. The van der Waals surface area contributed by atoms with Gasteiger partial charge in [0.15, 0.2) is 0 Å². The Hall–Kier alpha value is -3.20. The summed E-state index contributed by atoms with van der Waals surface area (Å²) in [6.45, 7) is 2.66. The van der Waals surface area contributed by atoms with E-state index >= 15 is 0 Å². The number of nitrogens with one attached hydrogen (secondary N) is 1. The van der Waals surface area contributed by atoms with Crippen LogP contribution in [0.1, 0.15) is 17.9 Å². The molecule has 1 unspecified atom stereocenters. The number of morpholine rings is 1. The largest absolute Gasteiger partial charge is 0.438 e. The number of benzene rings is 1. The number of carbonyl (C=O) groups excluding carboxylic acids is 2. The average molecular weight is 409 g/mol. The number of hydrogen-bond acceptors (Lipinski definition) is 6. The molecule has 5 rings (SSSR count). The first kappa shape index (κ1) is 18.8. The number of aromatic nitrogens is 2. The number of ether oxygens (including phenoxy) is 2. The zero-order valence-corrected chi connectivity index (χ0v) is 16.4. The van der Waals surface area contributed by atoms with Crippen LogP contribution in [-0.4, -0.2) is 76.9 Å². The van der Waals surface area contributed by atoms with Crippen molar-refractivity contribution >= 4 is 11.9 Å². The number of fused-ring (bicyclic) bond motifs is 1. The predicted octanol–water partition coefficient (Wildman–Crippen LogP) is 1.38. The fourth-order valence-electron chi connectivity index (χ4n) is 4.19. The lowest BCUT2D eigenvalue weighted by Crippen LogP contribution is -2.63. The minimum Gasteiger partial charge on any atom is -0.438 e. The molecule has 1 aromatic heterocycles. The predicted molar refractivity (Wildman–Crippen MR) is 106 cm³/mol. The first-order chi connectivity index (χ1) is 14.7. The van der Waals surface area contributed by atoms with Crippen LogP contribution in [0, 0.1) is 0 Å². The molecule has 30 heavy (non-hydrogen) atoms. The minimum atomic E-state index is -0.110. The van der Waals surface area contributed by atoms with E-state index in [1.807, 2.05) is 34.1 Å². The van der Waals surface area contributed by atoms with Gasteiger partial charge in [-0.15, -0.1) is 5.10 Å². The normalized spacial score (nSPS) is 23.9. The summed E-state index contributed by atoms with van der Waals surface area (Å²) in [5.41, 5.74) is 1.18. The molecule has 0 spiro atoms. The Morgan fingerprint density at radius 1 is 1.13 bits per heavy atom. The van der Waals surface area contributed by atoms with Crippen molar-refractivity contribution in [1.82, 2.24) is 25.3 Å². The summed E-state index contributed by atoms with van der Waals surface area (Å²) in [5.74, 6) is 1.36. The van der Waals surface area contributed by atoms with Gasteiger partial charge in [0.05, 0.1) is 12.1 Å². The molecule has 2 atom stereocenters.